The summed E-state index contributed by atoms with van der Waals surface area (Å²) in [5.41, 5.74) is 11.5. The number of fused-ring (bicyclic) bond motifs is 6. The molecule has 4 nitrogen and oxygen atoms in total. The van der Waals surface area contributed by atoms with E-state index in [1.54, 1.807) is 0 Å². The van der Waals surface area contributed by atoms with E-state index in [0.717, 1.165) is 17.8 Å². The number of hydrogen-bond donors (Lipinski definition) is 1. The average molecular weight is 655 g/mol. The van der Waals surface area contributed by atoms with Crippen LogP contribution in [0.1, 0.15) is 68.1 Å². The molecule has 250 valence electrons. The van der Waals surface area contributed by atoms with Gasteiger partial charge in [0.1, 0.15) is 17.7 Å². The zero-order chi connectivity index (χ0) is 34.4. The van der Waals surface area contributed by atoms with Gasteiger partial charge in [-0.2, -0.15) is 0 Å². The maximum absolute atomic E-state index is 5.36. The van der Waals surface area contributed by atoms with E-state index in [9.17, 15) is 0 Å². The van der Waals surface area contributed by atoms with Crippen LogP contribution in [0.4, 0.5) is 0 Å². The predicted octanol–water partition coefficient (Wildman–Crippen LogP) is 9.68. The summed E-state index contributed by atoms with van der Waals surface area (Å²) < 4.78 is 2.53. The molecule has 0 fully saturated rings. The minimum atomic E-state index is -0.479. The summed E-state index contributed by atoms with van der Waals surface area (Å²) in [6.07, 6.45) is 12.5. The Hall–Kier alpha value is -4.93. The zero-order valence-corrected chi connectivity index (χ0v) is 30.0. The van der Waals surface area contributed by atoms with Crippen molar-refractivity contribution < 1.29 is 0 Å². The second-order valence-electron chi connectivity index (χ2n) is 15.8. The van der Waals surface area contributed by atoms with Gasteiger partial charge in [-0.1, -0.05) is 143 Å². The van der Waals surface area contributed by atoms with E-state index in [1.807, 2.05) is 0 Å². The summed E-state index contributed by atoms with van der Waals surface area (Å²) in [6.45, 7) is 11.9. The molecule has 0 saturated heterocycles. The van der Waals surface area contributed by atoms with Crippen LogP contribution in [0, 0.1) is 11.8 Å². The van der Waals surface area contributed by atoms with Crippen molar-refractivity contribution in [3.05, 3.63) is 167 Å². The maximum Gasteiger partial charge on any atom is 0.131 e. The first-order valence-electron chi connectivity index (χ1n) is 18.2. The molecular formula is C46H46N4. The number of benzene rings is 4. The first-order valence-corrected chi connectivity index (χ1v) is 18.2. The molecule has 4 heteroatoms. The van der Waals surface area contributed by atoms with Crippen LogP contribution in [0.3, 0.4) is 0 Å². The van der Waals surface area contributed by atoms with Crippen molar-refractivity contribution in [3.8, 4) is 5.69 Å². The van der Waals surface area contributed by atoms with Crippen LogP contribution in [0.15, 0.2) is 138 Å². The molecule has 5 unspecified atom stereocenters. The lowest BCUT2D eigenvalue weighted by Crippen LogP contribution is -2.63. The van der Waals surface area contributed by atoms with E-state index < -0.39 is 5.66 Å². The molecule has 0 saturated carbocycles. The maximum atomic E-state index is 5.36. The Labute approximate surface area is 296 Å². The van der Waals surface area contributed by atoms with Crippen LogP contribution in [-0.4, -0.2) is 28.5 Å². The van der Waals surface area contributed by atoms with E-state index in [1.165, 1.54) is 50.1 Å². The quantitative estimate of drug-likeness (QED) is 0.209. The molecule has 2 heterocycles. The molecule has 1 aromatic heterocycles. The molecular weight excluding hydrogens is 609 g/mol. The molecule has 0 amide bonds. The Kier molecular flexibility index (Phi) is 6.86. The van der Waals surface area contributed by atoms with Gasteiger partial charge in [0.25, 0.3) is 0 Å². The minimum absolute atomic E-state index is 0.0103. The topological polar surface area (TPSA) is 32.6 Å². The smallest absolute Gasteiger partial charge is 0.131 e. The number of nitrogens with one attached hydrogen (secondary N) is 1. The Bertz CT molecular complexity index is 2270. The molecule has 5 aromatic rings. The van der Waals surface area contributed by atoms with Crippen molar-refractivity contribution >= 4 is 22.8 Å². The van der Waals surface area contributed by atoms with Gasteiger partial charge >= 0.3 is 0 Å². The molecule has 0 spiro atoms. The summed E-state index contributed by atoms with van der Waals surface area (Å²) in [5, 5.41) is 5.22. The van der Waals surface area contributed by atoms with E-state index in [2.05, 4.69) is 190 Å². The third-order valence-electron chi connectivity index (χ3n) is 12.6. The van der Waals surface area contributed by atoms with Crippen molar-refractivity contribution in [1.29, 1.82) is 0 Å². The lowest BCUT2D eigenvalue weighted by molar-refractivity contribution is 0.0342. The number of allylic oxidation sites excluding steroid dienone is 4. The average Bonchev–Trinajstić information content (AvgIpc) is 3.54. The van der Waals surface area contributed by atoms with E-state index in [4.69, 9.17) is 4.99 Å². The molecule has 1 N–H and O–H groups in total. The normalized spacial score (nSPS) is 28.0. The van der Waals surface area contributed by atoms with Crippen LogP contribution in [0.2, 0.25) is 0 Å². The molecule has 50 heavy (non-hydrogen) atoms. The third kappa shape index (κ3) is 4.37. The summed E-state index contributed by atoms with van der Waals surface area (Å²) in [7, 11) is 2.22. The molecule has 9 rings (SSSR count). The highest BCUT2D eigenvalue weighted by molar-refractivity contribution is 6.00. The highest BCUT2D eigenvalue weighted by Crippen LogP contribution is 2.58. The van der Waals surface area contributed by atoms with Gasteiger partial charge in [-0.05, 0) is 60.4 Å². The van der Waals surface area contributed by atoms with Gasteiger partial charge in [0.15, 0.2) is 0 Å². The van der Waals surface area contributed by atoms with Crippen LogP contribution < -0.4 is 5.32 Å². The number of rotatable bonds is 4. The van der Waals surface area contributed by atoms with Gasteiger partial charge in [-0.15, -0.1) is 0 Å². The van der Waals surface area contributed by atoms with Gasteiger partial charge in [0.2, 0.25) is 0 Å². The van der Waals surface area contributed by atoms with Gasteiger partial charge < -0.3 is 9.88 Å². The second kappa shape index (κ2) is 11.0. The number of aliphatic imine (C=N–C) groups is 1. The molecule has 1 aliphatic heterocycles. The van der Waals surface area contributed by atoms with Crippen LogP contribution in [0.25, 0.3) is 22.7 Å². The second-order valence-corrected chi connectivity index (χ2v) is 15.8. The summed E-state index contributed by atoms with van der Waals surface area (Å²) in [5.74, 6) is 1.60. The van der Waals surface area contributed by atoms with Crippen LogP contribution in [-0.2, 0) is 22.9 Å². The first kappa shape index (κ1) is 31.1. The highest BCUT2D eigenvalue weighted by Gasteiger charge is 2.51. The summed E-state index contributed by atoms with van der Waals surface area (Å²) >= 11 is 0. The standard InChI is InChI=1S/C46H46N4/c1-30-16-10-11-19-34(30)43-47-42(31-17-8-7-9-18-31)48-46(5,49(43)6)32-24-26-33(27-25-32)50-39-23-15-12-20-35(39)36-28-41-44(2,3)37-21-13-14-22-38(37)45(41,4)29-40(36)50/h7-28,30,34,43H,29H2,1-6H3,(H,47,48). The molecule has 4 aliphatic rings. The lowest BCUT2D eigenvalue weighted by Gasteiger charge is -2.49. The largest absolute Gasteiger partial charge is 0.348 e. The summed E-state index contributed by atoms with van der Waals surface area (Å²) in [6, 6.07) is 37.9. The number of aromatic nitrogens is 1. The van der Waals surface area contributed by atoms with Crippen LogP contribution >= 0.6 is 0 Å². The number of para-hydroxylation sites is 1. The van der Waals surface area contributed by atoms with E-state index in [0.29, 0.717) is 5.92 Å². The fourth-order valence-corrected chi connectivity index (χ4v) is 9.69. The van der Waals surface area contributed by atoms with Crippen molar-refractivity contribution in [3.63, 3.8) is 0 Å². The summed E-state index contributed by atoms with van der Waals surface area (Å²) in [4.78, 5) is 7.79. The molecule has 4 aromatic carbocycles. The SMILES string of the molecule is CC1C=CC=CC1C1N=C(c2ccccc2)NC(C)(c2ccc(-n3c4c(c5ccccc53)C=C3C(C)(C)c5ccccc5C3(C)C4)cc2)N1C. The molecule has 0 radical (unpaired) electrons. The van der Waals surface area contributed by atoms with Crippen LogP contribution in [0.5, 0.6) is 0 Å². The Morgan fingerprint density at radius 2 is 1.44 bits per heavy atom. The van der Waals surface area contributed by atoms with E-state index >= 15 is 0 Å². The number of hydrogen-bond acceptors (Lipinski definition) is 3. The number of nitrogens with zero attached hydrogens (tertiary/aromatic N) is 3. The predicted molar refractivity (Wildman–Crippen MR) is 208 cm³/mol. The van der Waals surface area contributed by atoms with Gasteiger partial charge in [-0.25, -0.2) is 4.99 Å². The number of amidine groups is 1. The Balaban J connectivity index is 1.15. The Morgan fingerprint density at radius 1 is 0.760 bits per heavy atom. The lowest BCUT2D eigenvalue weighted by atomic mass is 9.68. The fourth-order valence-electron chi connectivity index (χ4n) is 9.69. The fraction of sp³-hybridized carbons (Fsp3) is 0.283. The minimum Gasteiger partial charge on any atom is -0.348 e. The van der Waals surface area contributed by atoms with Crippen molar-refractivity contribution in [2.75, 3.05) is 7.05 Å². The van der Waals surface area contributed by atoms with Gasteiger partial charge in [-0.3, -0.25) is 4.90 Å². The van der Waals surface area contributed by atoms with Crippen molar-refractivity contribution in [2.45, 2.75) is 63.7 Å². The monoisotopic (exact) mass is 654 g/mol. The van der Waals surface area contributed by atoms with Gasteiger partial charge in [0, 0.05) is 51.1 Å². The molecule has 0 bridgehead atoms. The Morgan fingerprint density at radius 3 is 2.20 bits per heavy atom. The van der Waals surface area contributed by atoms with E-state index in [-0.39, 0.29) is 22.9 Å². The highest BCUT2D eigenvalue weighted by atomic mass is 15.4. The van der Waals surface area contributed by atoms with Gasteiger partial charge in [0.05, 0.1) is 5.52 Å². The first-order chi connectivity index (χ1) is 24.1. The zero-order valence-electron chi connectivity index (χ0n) is 30.0. The third-order valence-corrected chi connectivity index (χ3v) is 12.6. The van der Waals surface area contributed by atoms with Crippen molar-refractivity contribution in [1.82, 2.24) is 14.8 Å². The molecule has 3 aliphatic carbocycles. The molecule has 5 atom stereocenters. The van der Waals surface area contributed by atoms with Crippen molar-refractivity contribution in [2.24, 2.45) is 16.8 Å².